The highest BCUT2D eigenvalue weighted by Crippen LogP contribution is 2.28. The van der Waals surface area contributed by atoms with Gasteiger partial charge in [-0.15, -0.1) is 0 Å². The minimum Gasteiger partial charge on any atom is -0.506 e. The predicted octanol–water partition coefficient (Wildman–Crippen LogP) is 4.21. The van der Waals surface area contributed by atoms with Gasteiger partial charge >= 0.3 is 0 Å². The van der Waals surface area contributed by atoms with Crippen molar-refractivity contribution in [3.05, 3.63) is 57.8 Å². The molecule has 0 fully saturated rings. The number of rotatable bonds is 3. The van der Waals surface area contributed by atoms with Crippen LogP contribution in [0.4, 0.5) is 10.1 Å². The molecule has 0 heterocycles. The summed E-state index contributed by atoms with van der Waals surface area (Å²) in [4.78, 5) is 0. The summed E-state index contributed by atoms with van der Waals surface area (Å²) in [5.74, 6) is 0.00897. The molecule has 0 amide bonds. The summed E-state index contributed by atoms with van der Waals surface area (Å²) in [5, 5.41) is 13.0. The second-order valence-electron chi connectivity index (χ2n) is 4.07. The molecule has 0 spiro atoms. The van der Waals surface area contributed by atoms with Gasteiger partial charge in [0.05, 0.1) is 4.47 Å². The Balaban J connectivity index is 2.11. The smallest absolute Gasteiger partial charge is 0.134 e. The van der Waals surface area contributed by atoms with Crippen molar-refractivity contribution in [1.29, 1.82) is 0 Å². The molecule has 0 aromatic heterocycles. The molecule has 94 valence electrons. The lowest BCUT2D eigenvalue weighted by Crippen LogP contribution is -2.00. The van der Waals surface area contributed by atoms with Crippen LogP contribution >= 0.6 is 15.9 Å². The maximum atomic E-state index is 13.1. The highest BCUT2D eigenvalue weighted by atomic mass is 79.9. The van der Waals surface area contributed by atoms with Gasteiger partial charge in [-0.2, -0.15) is 0 Å². The number of aryl methyl sites for hydroxylation is 1. The van der Waals surface area contributed by atoms with Crippen LogP contribution in [0.25, 0.3) is 0 Å². The van der Waals surface area contributed by atoms with Crippen LogP contribution in [0.5, 0.6) is 5.75 Å². The lowest BCUT2D eigenvalue weighted by Gasteiger charge is -2.10. The molecule has 0 atom stereocenters. The number of phenolic OH excluding ortho intramolecular Hbond substituents is 1. The Kier molecular flexibility index (Phi) is 3.87. The first-order valence-corrected chi connectivity index (χ1v) is 6.33. The second kappa shape index (κ2) is 5.40. The van der Waals surface area contributed by atoms with Crippen molar-refractivity contribution in [2.75, 3.05) is 5.32 Å². The first-order valence-electron chi connectivity index (χ1n) is 5.54. The van der Waals surface area contributed by atoms with E-state index in [4.69, 9.17) is 0 Å². The van der Waals surface area contributed by atoms with Crippen molar-refractivity contribution in [2.45, 2.75) is 13.5 Å². The van der Waals surface area contributed by atoms with Gasteiger partial charge in [0.1, 0.15) is 11.6 Å². The molecule has 0 bridgehead atoms. The Morgan fingerprint density at radius 1 is 1.28 bits per heavy atom. The normalized spacial score (nSPS) is 10.4. The minimum atomic E-state index is -0.217. The highest BCUT2D eigenvalue weighted by Gasteiger charge is 2.05. The van der Waals surface area contributed by atoms with E-state index in [0.29, 0.717) is 16.6 Å². The first kappa shape index (κ1) is 12.9. The largest absolute Gasteiger partial charge is 0.506 e. The number of aromatic hydroxyl groups is 1. The van der Waals surface area contributed by atoms with Gasteiger partial charge in [-0.3, -0.25) is 0 Å². The van der Waals surface area contributed by atoms with Crippen LogP contribution in [-0.4, -0.2) is 5.11 Å². The van der Waals surface area contributed by atoms with E-state index >= 15 is 0 Å². The zero-order valence-corrected chi connectivity index (χ0v) is 11.5. The van der Waals surface area contributed by atoms with Gasteiger partial charge in [0.2, 0.25) is 0 Å². The van der Waals surface area contributed by atoms with E-state index in [1.54, 1.807) is 25.1 Å². The molecular formula is C14H13BrFNO. The number of anilines is 1. The maximum Gasteiger partial charge on any atom is 0.134 e. The van der Waals surface area contributed by atoms with Crippen LogP contribution in [0, 0.1) is 12.7 Å². The number of nitrogens with one attached hydrogen (secondary N) is 1. The Morgan fingerprint density at radius 2 is 2.06 bits per heavy atom. The molecule has 2 aromatic carbocycles. The Bertz CT molecular complexity index is 572. The third-order valence-electron chi connectivity index (χ3n) is 2.71. The number of phenols is 1. The molecule has 0 aliphatic rings. The van der Waals surface area contributed by atoms with Gasteiger partial charge in [-0.1, -0.05) is 12.1 Å². The zero-order chi connectivity index (χ0) is 13.1. The molecule has 0 saturated carbocycles. The lowest BCUT2D eigenvalue weighted by molar-refractivity contribution is 0.465. The SMILES string of the molecule is Cc1cc(NCc2cccc(Br)c2O)ccc1F. The van der Waals surface area contributed by atoms with Crippen molar-refractivity contribution in [3.63, 3.8) is 0 Å². The Hall–Kier alpha value is -1.55. The fraction of sp³-hybridized carbons (Fsp3) is 0.143. The third kappa shape index (κ3) is 2.82. The molecule has 4 heteroatoms. The summed E-state index contributed by atoms with van der Waals surface area (Å²) < 4.78 is 13.8. The number of halogens is 2. The standard InChI is InChI=1S/C14H13BrFNO/c1-9-7-11(5-6-13(9)16)17-8-10-3-2-4-12(15)14(10)18/h2-7,17-18H,8H2,1H3. The summed E-state index contributed by atoms with van der Waals surface area (Å²) >= 11 is 3.27. The molecule has 0 radical (unpaired) electrons. The van der Waals surface area contributed by atoms with Gasteiger partial charge in [0.25, 0.3) is 0 Å². The van der Waals surface area contributed by atoms with E-state index in [1.807, 2.05) is 12.1 Å². The third-order valence-corrected chi connectivity index (χ3v) is 3.35. The maximum absolute atomic E-state index is 13.1. The fourth-order valence-corrected chi connectivity index (χ4v) is 2.06. The number of para-hydroxylation sites is 1. The zero-order valence-electron chi connectivity index (χ0n) is 9.87. The minimum absolute atomic E-state index is 0.217. The van der Waals surface area contributed by atoms with Gasteiger partial charge in [-0.05, 0) is 52.7 Å². The number of hydrogen-bond acceptors (Lipinski definition) is 2. The topological polar surface area (TPSA) is 32.3 Å². The van der Waals surface area contributed by atoms with Gasteiger partial charge < -0.3 is 10.4 Å². The predicted molar refractivity (Wildman–Crippen MR) is 74.3 cm³/mol. The Labute approximate surface area is 114 Å². The molecule has 0 aliphatic carbocycles. The van der Waals surface area contributed by atoms with E-state index in [9.17, 15) is 9.50 Å². The first-order chi connectivity index (χ1) is 8.58. The van der Waals surface area contributed by atoms with Crippen molar-refractivity contribution >= 4 is 21.6 Å². The molecule has 2 N–H and O–H groups in total. The summed E-state index contributed by atoms with van der Waals surface area (Å²) in [6.45, 7) is 2.20. The average molecular weight is 310 g/mol. The molecule has 2 rings (SSSR count). The van der Waals surface area contributed by atoms with Gasteiger partial charge in [0, 0.05) is 17.8 Å². The Morgan fingerprint density at radius 3 is 2.78 bits per heavy atom. The van der Waals surface area contributed by atoms with Crippen molar-refractivity contribution in [2.24, 2.45) is 0 Å². The number of benzene rings is 2. The summed E-state index contributed by atoms with van der Waals surface area (Å²) in [6.07, 6.45) is 0. The molecule has 0 saturated heterocycles. The molecule has 0 aliphatic heterocycles. The van der Waals surface area contributed by atoms with Crippen LogP contribution < -0.4 is 5.32 Å². The second-order valence-corrected chi connectivity index (χ2v) is 4.92. The van der Waals surface area contributed by atoms with Crippen molar-refractivity contribution < 1.29 is 9.50 Å². The average Bonchev–Trinajstić information content (AvgIpc) is 2.35. The van der Waals surface area contributed by atoms with Crippen LogP contribution in [0.15, 0.2) is 40.9 Å². The van der Waals surface area contributed by atoms with E-state index in [1.165, 1.54) is 6.07 Å². The van der Waals surface area contributed by atoms with Crippen molar-refractivity contribution in [3.8, 4) is 5.75 Å². The van der Waals surface area contributed by atoms with E-state index < -0.39 is 0 Å². The molecule has 0 unspecified atom stereocenters. The van der Waals surface area contributed by atoms with E-state index in [2.05, 4.69) is 21.2 Å². The van der Waals surface area contributed by atoms with E-state index in [0.717, 1.165) is 11.3 Å². The van der Waals surface area contributed by atoms with Crippen molar-refractivity contribution in [1.82, 2.24) is 0 Å². The van der Waals surface area contributed by atoms with Gasteiger partial charge in [0.15, 0.2) is 0 Å². The van der Waals surface area contributed by atoms with E-state index in [-0.39, 0.29) is 11.6 Å². The summed E-state index contributed by atoms with van der Waals surface area (Å²) in [6, 6.07) is 10.3. The summed E-state index contributed by atoms with van der Waals surface area (Å²) in [5.41, 5.74) is 2.21. The van der Waals surface area contributed by atoms with Gasteiger partial charge in [-0.25, -0.2) is 4.39 Å². The lowest BCUT2D eigenvalue weighted by atomic mass is 10.1. The van der Waals surface area contributed by atoms with Crippen LogP contribution in [-0.2, 0) is 6.54 Å². The highest BCUT2D eigenvalue weighted by molar-refractivity contribution is 9.10. The fourth-order valence-electron chi connectivity index (χ4n) is 1.65. The monoisotopic (exact) mass is 309 g/mol. The molecular weight excluding hydrogens is 297 g/mol. The van der Waals surface area contributed by atoms with Crippen LogP contribution in [0.3, 0.4) is 0 Å². The molecule has 18 heavy (non-hydrogen) atoms. The molecule has 2 nitrogen and oxygen atoms in total. The summed E-state index contributed by atoms with van der Waals surface area (Å²) in [7, 11) is 0. The van der Waals surface area contributed by atoms with Crippen LogP contribution in [0.1, 0.15) is 11.1 Å². The molecule has 2 aromatic rings. The quantitative estimate of drug-likeness (QED) is 0.890. The van der Waals surface area contributed by atoms with Crippen LogP contribution in [0.2, 0.25) is 0 Å². The number of hydrogen-bond donors (Lipinski definition) is 2.